The van der Waals surface area contributed by atoms with Gasteiger partial charge in [0.1, 0.15) is 22.4 Å². The molecule has 174 valence electrons. The number of likely N-dealkylation sites (tertiary alicyclic amines) is 1. The van der Waals surface area contributed by atoms with E-state index in [0.717, 1.165) is 28.8 Å². The van der Waals surface area contributed by atoms with Crippen LogP contribution in [0, 0.1) is 11.6 Å². The number of nitrogens with zero attached hydrogens (tertiary/aromatic N) is 3. The highest BCUT2D eigenvalue weighted by Gasteiger charge is 2.43. The lowest BCUT2D eigenvalue weighted by Crippen LogP contribution is -2.60. The molecule has 0 bridgehead atoms. The highest BCUT2D eigenvalue weighted by Crippen LogP contribution is 2.35. The van der Waals surface area contributed by atoms with E-state index in [1.807, 2.05) is 12.1 Å². The van der Waals surface area contributed by atoms with Crippen LogP contribution in [0.4, 0.5) is 8.78 Å². The van der Waals surface area contributed by atoms with Crippen LogP contribution in [-0.2, 0) is 21.2 Å². The maximum Gasteiger partial charge on any atom is 0.227 e. The summed E-state index contributed by atoms with van der Waals surface area (Å²) in [6.45, 7) is 0.843. The Bertz CT molecular complexity index is 1280. The van der Waals surface area contributed by atoms with Crippen molar-refractivity contribution in [2.45, 2.75) is 30.4 Å². The van der Waals surface area contributed by atoms with Crippen LogP contribution < -0.4 is 0 Å². The predicted octanol–water partition coefficient (Wildman–Crippen LogP) is 3.07. The molecule has 0 saturated carbocycles. The maximum atomic E-state index is 13.8. The van der Waals surface area contributed by atoms with Crippen LogP contribution in [0.3, 0.4) is 0 Å². The van der Waals surface area contributed by atoms with Crippen molar-refractivity contribution < 1.29 is 26.4 Å². The third-order valence-electron chi connectivity index (χ3n) is 6.62. The lowest BCUT2D eigenvalue weighted by molar-refractivity contribution is -0.133. The molecule has 5 rings (SSSR count). The van der Waals surface area contributed by atoms with Crippen LogP contribution in [0.15, 0.2) is 47.2 Å². The first-order valence-corrected chi connectivity index (χ1v) is 12.4. The quantitative estimate of drug-likeness (QED) is 0.566. The molecular weight excluding hydrogens is 452 g/mol. The molecule has 10 heteroatoms. The van der Waals surface area contributed by atoms with Gasteiger partial charge in [-0.2, -0.15) is 0 Å². The number of sulfonamides is 1. The molecule has 33 heavy (non-hydrogen) atoms. The SMILES string of the molecule is O=C(Cc1c(F)cccc1F)N1CC(S(=O)(=O)N2CCC(c3coc4cccnc34)CC2)C1. The minimum Gasteiger partial charge on any atom is -0.462 e. The first-order valence-electron chi connectivity index (χ1n) is 10.9. The van der Waals surface area contributed by atoms with Gasteiger partial charge in [-0.25, -0.2) is 21.5 Å². The van der Waals surface area contributed by atoms with Crippen molar-refractivity contribution in [2.24, 2.45) is 0 Å². The van der Waals surface area contributed by atoms with Crippen LogP contribution in [0.2, 0.25) is 0 Å². The van der Waals surface area contributed by atoms with E-state index in [2.05, 4.69) is 4.98 Å². The van der Waals surface area contributed by atoms with Gasteiger partial charge in [0.2, 0.25) is 15.9 Å². The Morgan fingerprint density at radius 2 is 1.79 bits per heavy atom. The normalized spacial score (nSPS) is 18.5. The second-order valence-electron chi connectivity index (χ2n) is 8.56. The number of benzene rings is 1. The second-order valence-corrected chi connectivity index (χ2v) is 10.8. The zero-order valence-corrected chi connectivity index (χ0v) is 18.6. The molecule has 4 heterocycles. The first-order chi connectivity index (χ1) is 15.8. The summed E-state index contributed by atoms with van der Waals surface area (Å²) >= 11 is 0. The van der Waals surface area contributed by atoms with Crippen LogP contribution in [0.25, 0.3) is 11.1 Å². The number of furan rings is 1. The fraction of sp³-hybridized carbons (Fsp3) is 0.391. The number of fused-ring (bicyclic) bond motifs is 1. The molecule has 7 nitrogen and oxygen atoms in total. The van der Waals surface area contributed by atoms with Crippen LogP contribution in [0.1, 0.15) is 29.9 Å². The number of carbonyl (C=O) groups is 1. The number of piperidine rings is 1. The average Bonchev–Trinajstić information content (AvgIpc) is 3.19. The van der Waals surface area contributed by atoms with Gasteiger partial charge in [0.15, 0.2) is 5.58 Å². The lowest BCUT2D eigenvalue weighted by atomic mass is 9.91. The zero-order valence-electron chi connectivity index (χ0n) is 17.8. The monoisotopic (exact) mass is 475 g/mol. The molecule has 0 radical (unpaired) electrons. The molecule has 1 amide bonds. The lowest BCUT2D eigenvalue weighted by Gasteiger charge is -2.42. The largest absolute Gasteiger partial charge is 0.462 e. The number of amides is 1. The second kappa shape index (κ2) is 8.49. The number of rotatable bonds is 5. The van der Waals surface area contributed by atoms with Crippen molar-refractivity contribution in [3.63, 3.8) is 0 Å². The molecule has 2 aliphatic heterocycles. The van der Waals surface area contributed by atoms with Gasteiger partial charge >= 0.3 is 0 Å². The highest BCUT2D eigenvalue weighted by molar-refractivity contribution is 7.89. The molecule has 0 N–H and O–H groups in total. The molecule has 0 unspecified atom stereocenters. The number of hydrogen-bond donors (Lipinski definition) is 0. The number of carbonyl (C=O) groups excluding carboxylic acids is 1. The highest BCUT2D eigenvalue weighted by atomic mass is 32.2. The summed E-state index contributed by atoms with van der Waals surface area (Å²) in [6, 6.07) is 7.10. The van der Waals surface area contributed by atoms with Crippen molar-refractivity contribution in [2.75, 3.05) is 26.2 Å². The van der Waals surface area contributed by atoms with Crippen molar-refractivity contribution in [1.82, 2.24) is 14.2 Å². The summed E-state index contributed by atoms with van der Waals surface area (Å²) in [7, 11) is -3.56. The Morgan fingerprint density at radius 1 is 1.09 bits per heavy atom. The standard InChI is InChI=1S/C23H23F2N3O4S/c24-19-3-1-4-20(25)17(19)11-22(29)27-12-16(13-27)33(30,31)28-9-6-15(7-10-28)18-14-32-21-5-2-8-26-23(18)21/h1-5,8,14-16H,6-7,9-13H2. The van der Waals surface area contributed by atoms with E-state index < -0.39 is 39.2 Å². The van der Waals surface area contributed by atoms with Gasteiger partial charge in [0.25, 0.3) is 0 Å². The van der Waals surface area contributed by atoms with Crippen molar-refractivity contribution in [1.29, 1.82) is 0 Å². The number of pyridine rings is 1. The Labute approximate surface area is 190 Å². The maximum absolute atomic E-state index is 13.8. The van der Waals surface area contributed by atoms with Gasteiger partial charge in [0, 0.05) is 43.5 Å². The van der Waals surface area contributed by atoms with Crippen molar-refractivity contribution >= 4 is 27.0 Å². The van der Waals surface area contributed by atoms with Crippen molar-refractivity contribution in [3.05, 3.63) is 65.6 Å². The van der Waals surface area contributed by atoms with E-state index in [1.54, 1.807) is 12.5 Å². The number of aromatic nitrogens is 1. The molecular formula is C23H23F2N3O4S. The minimum absolute atomic E-state index is 0.0352. The van der Waals surface area contributed by atoms with E-state index in [9.17, 15) is 22.0 Å². The Morgan fingerprint density at radius 3 is 2.48 bits per heavy atom. The molecule has 2 aromatic heterocycles. The summed E-state index contributed by atoms with van der Waals surface area (Å²) in [5.41, 5.74) is 2.25. The molecule has 3 aromatic rings. The van der Waals surface area contributed by atoms with Crippen LogP contribution >= 0.6 is 0 Å². The molecule has 0 spiro atoms. The topological polar surface area (TPSA) is 83.7 Å². The molecule has 2 aliphatic rings. The van der Waals surface area contributed by atoms with Crippen LogP contribution in [-0.4, -0.2) is 59.9 Å². The van der Waals surface area contributed by atoms with E-state index in [1.165, 1.54) is 15.3 Å². The van der Waals surface area contributed by atoms with E-state index >= 15 is 0 Å². The number of halogens is 2. The summed E-state index contributed by atoms with van der Waals surface area (Å²) in [5, 5.41) is -0.695. The predicted molar refractivity (Wildman–Crippen MR) is 117 cm³/mol. The fourth-order valence-corrected chi connectivity index (χ4v) is 6.48. The van der Waals surface area contributed by atoms with Gasteiger partial charge in [0.05, 0.1) is 12.7 Å². The third kappa shape index (κ3) is 4.02. The molecule has 2 fully saturated rings. The summed E-state index contributed by atoms with van der Waals surface area (Å²) in [4.78, 5) is 18.1. The van der Waals surface area contributed by atoms with E-state index in [4.69, 9.17) is 4.42 Å². The van der Waals surface area contributed by atoms with Gasteiger partial charge in [-0.1, -0.05) is 6.07 Å². The van der Waals surface area contributed by atoms with E-state index in [-0.39, 0.29) is 24.6 Å². The van der Waals surface area contributed by atoms with Crippen molar-refractivity contribution in [3.8, 4) is 0 Å². The summed E-state index contributed by atoms with van der Waals surface area (Å²) in [5.74, 6) is -1.88. The summed E-state index contributed by atoms with van der Waals surface area (Å²) in [6.07, 6.45) is 4.31. The van der Waals surface area contributed by atoms with Gasteiger partial charge < -0.3 is 9.32 Å². The van der Waals surface area contributed by atoms with Gasteiger partial charge in [-0.15, -0.1) is 0 Å². The van der Waals surface area contributed by atoms with Crippen LogP contribution in [0.5, 0.6) is 0 Å². The smallest absolute Gasteiger partial charge is 0.227 e. The fourth-order valence-electron chi connectivity index (χ4n) is 4.60. The van der Waals surface area contributed by atoms with Gasteiger partial charge in [-0.05, 0) is 43.0 Å². The average molecular weight is 476 g/mol. The Kier molecular flexibility index (Phi) is 5.65. The number of hydrogen-bond acceptors (Lipinski definition) is 5. The summed E-state index contributed by atoms with van der Waals surface area (Å²) < 4.78 is 60.8. The van der Waals surface area contributed by atoms with Gasteiger partial charge in [-0.3, -0.25) is 9.78 Å². The molecule has 2 saturated heterocycles. The molecule has 1 aromatic carbocycles. The third-order valence-corrected chi connectivity index (χ3v) is 8.85. The molecule has 0 aliphatic carbocycles. The minimum atomic E-state index is -3.56. The Hall–Kier alpha value is -2.85. The molecule has 0 atom stereocenters. The first kappa shape index (κ1) is 22.0. The Balaban J connectivity index is 1.17. The van der Waals surface area contributed by atoms with E-state index in [0.29, 0.717) is 25.9 Å². The zero-order chi connectivity index (χ0) is 23.2.